The lowest BCUT2D eigenvalue weighted by Crippen LogP contribution is -2.40. The monoisotopic (exact) mass is 301 g/mol. The highest BCUT2D eigenvalue weighted by Gasteiger charge is 2.28. The SMILES string of the molecule is CC1(C)CC(Nc2ccc(F)cc2Br)CCO1. The van der Waals surface area contributed by atoms with Crippen molar-refractivity contribution in [2.45, 2.75) is 38.3 Å². The van der Waals surface area contributed by atoms with Gasteiger partial charge in [0, 0.05) is 22.8 Å². The zero-order valence-electron chi connectivity index (χ0n) is 10.1. The van der Waals surface area contributed by atoms with Gasteiger partial charge in [0.15, 0.2) is 0 Å². The van der Waals surface area contributed by atoms with Crippen LogP contribution in [0.2, 0.25) is 0 Å². The lowest BCUT2D eigenvalue weighted by atomic mass is 9.94. The van der Waals surface area contributed by atoms with Gasteiger partial charge >= 0.3 is 0 Å². The van der Waals surface area contributed by atoms with E-state index in [-0.39, 0.29) is 11.4 Å². The molecular weight excluding hydrogens is 285 g/mol. The van der Waals surface area contributed by atoms with E-state index >= 15 is 0 Å². The van der Waals surface area contributed by atoms with Crippen LogP contribution in [0.4, 0.5) is 10.1 Å². The second kappa shape index (κ2) is 4.94. The maximum Gasteiger partial charge on any atom is 0.124 e. The number of nitrogens with one attached hydrogen (secondary N) is 1. The fourth-order valence-electron chi connectivity index (χ4n) is 2.18. The van der Waals surface area contributed by atoms with Crippen LogP contribution in [0.15, 0.2) is 22.7 Å². The molecule has 0 saturated carbocycles. The molecule has 0 radical (unpaired) electrons. The number of ether oxygens (including phenoxy) is 1. The van der Waals surface area contributed by atoms with Crippen molar-refractivity contribution in [2.24, 2.45) is 0 Å². The molecule has 2 rings (SSSR count). The maximum atomic E-state index is 13.0. The fraction of sp³-hybridized carbons (Fsp3) is 0.538. The lowest BCUT2D eigenvalue weighted by Gasteiger charge is -2.36. The van der Waals surface area contributed by atoms with Gasteiger partial charge in [-0.1, -0.05) is 0 Å². The zero-order valence-corrected chi connectivity index (χ0v) is 11.7. The predicted molar refractivity (Wildman–Crippen MR) is 70.8 cm³/mol. The predicted octanol–water partition coefficient (Wildman–Crippen LogP) is 3.96. The first-order valence-electron chi connectivity index (χ1n) is 5.82. The Kier molecular flexibility index (Phi) is 3.73. The molecule has 1 fully saturated rings. The van der Waals surface area contributed by atoms with E-state index in [4.69, 9.17) is 4.74 Å². The van der Waals surface area contributed by atoms with Crippen LogP contribution in [0.5, 0.6) is 0 Å². The lowest BCUT2D eigenvalue weighted by molar-refractivity contribution is -0.0553. The highest BCUT2D eigenvalue weighted by molar-refractivity contribution is 9.10. The van der Waals surface area contributed by atoms with Crippen molar-refractivity contribution in [1.82, 2.24) is 0 Å². The Labute approximate surface area is 110 Å². The van der Waals surface area contributed by atoms with Gasteiger partial charge in [0.05, 0.1) is 5.60 Å². The van der Waals surface area contributed by atoms with Gasteiger partial charge in [-0.15, -0.1) is 0 Å². The molecule has 0 aromatic heterocycles. The van der Waals surface area contributed by atoms with E-state index in [0.29, 0.717) is 6.04 Å². The molecule has 94 valence electrons. The van der Waals surface area contributed by atoms with Gasteiger partial charge in [-0.2, -0.15) is 0 Å². The van der Waals surface area contributed by atoms with Gasteiger partial charge in [-0.3, -0.25) is 0 Å². The molecule has 1 aliphatic heterocycles. The Morgan fingerprint density at radius 1 is 1.47 bits per heavy atom. The highest BCUT2D eigenvalue weighted by atomic mass is 79.9. The van der Waals surface area contributed by atoms with Crippen molar-refractivity contribution >= 4 is 21.6 Å². The van der Waals surface area contributed by atoms with Crippen LogP contribution in [0.25, 0.3) is 0 Å². The van der Waals surface area contributed by atoms with E-state index in [9.17, 15) is 4.39 Å². The van der Waals surface area contributed by atoms with Crippen molar-refractivity contribution in [3.05, 3.63) is 28.5 Å². The minimum Gasteiger partial charge on any atom is -0.381 e. The second-order valence-electron chi connectivity index (χ2n) is 5.07. The quantitative estimate of drug-likeness (QED) is 0.893. The summed E-state index contributed by atoms with van der Waals surface area (Å²) in [5.74, 6) is -0.227. The van der Waals surface area contributed by atoms with E-state index in [2.05, 4.69) is 35.1 Å². The van der Waals surface area contributed by atoms with E-state index in [1.807, 2.05) is 0 Å². The summed E-state index contributed by atoms with van der Waals surface area (Å²) in [5, 5.41) is 3.44. The first kappa shape index (κ1) is 12.8. The molecule has 1 heterocycles. The van der Waals surface area contributed by atoms with Crippen LogP contribution >= 0.6 is 15.9 Å². The summed E-state index contributed by atoms with van der Waals surface area (Å²) in [6, 6.07) is 5.09. The summed E-state index contributed by atoms with van der Waals surface area (Å²) in [7, 11) is 0. The molecule has 1 aromatic rings. The molecule has 1 atom stereocenters. The van der Waals surface area contributed by atoms with Crippen molar-refractivity contribution < 1.29 is 9.13 Å². The van der Waals surface area contributed by atoms with Gasteiger partial charge in [0.2, 0.25) is 0 Å². The molecule has 0 aliphatic carbocycles. The minimum absolute atomic E-state index is 0.0809. The number of halogens is 2. The van der Waals surface area contributed by atoms with E-state index in [1.54, 1.807) is 6.07 Å². The van der Waals surface area contributed by atoms with Crippen molar-refractivity contribution in [1.29, 1.82) is 0 Å². The Hall–Kier alpha value is -0.610. The third-order valence-corrected chi connectivity index (χ3v) is 3.64. The van der Waals surface area contributed by atoms with Crippen LogP contribution in [0.3, 0.4) is 0 Å². The second-order valence-corrected chi connectivity index (χ2v) is 5.92. The Morgan fingerprint density at radius 3 is 2.88 bits per heavy atom. The zero-order chi connectivity index (χ0) is 12.5. The van der Waals surface area contributed by atoms with Gasteiger partial charge in [-0.05, 0) is 60.8 Å². The largest absolute Gasteiger partial charge is 0.381 e. The molecule has 1 saturated heterocycles. The summed E-state index contributed by atoms with van der Waals surface area (Å²) in [5.41, 5.74) is 0.858. The van der Waals surface area contributed by atoms with Crippen molar-refractivity contribution in [3.8, 4) is 0 Å². The molecule has 1 aliphatic rings. The number of rotatable bonds is 2. The van der Waals surface area contributed by atoms with Gasteiger partial charge in [-0.25, -0.2) is 4.39 Å². The number of anilines is 1. The number of hydrogen-bond donors (Lipinski definition) is 1. The molecule has 2 nitrogen and oxygen atoms in total. The summed E-state index contributed by atoms with van der Waals surface area (Å²) in [4.78, 5) is 0. The average Bonchev–Trinajstić information content (AvgIpc) is 2.21. The summed E-state index contributed by atoms with van der Waals surface area (Å²) in [6.07, 6.45) is 1.93. The van der Waals surface area contributed by atoms with E-state index < -0.39 is 0 Å². The molecule has 1 N–H and O–H groups in total. The standard InChI is InChI=1S/C13H17BrFNO/c1-13(2)8-10(5-6-17-13)16-12-4-3-9(15)7-11(12)14/h3-4,7,10,16H,5-6,8H2,1-2H3. The average molecular weight is 302 g/mol. The van der Waals surface area contributed by atoms with Crippen molar-refractivity contribution in [3.63, 3.8) is 0 Å². The topological polar surface area (TPSA) is 21.3 Å². The fourth-order valence-corrected chi connectivity index (χ4v) is 2.65. The maximum absolute atomic E-state index is 13.0. The third-order valence-electron chi connectivity index (χ3n) is 2.99. The number of benzene rings is 1. The third kappa shape index (κ3) is 3.42. The molecular formula is C13H17BrFNO. The van der Waals surface area contributed by atoms with Crippen LogP contribution in [-0.4, -0.2) is 18.2 Å². The van der Waals surface area contributed by atoms with Crippen LogP contribution < -0.4 is 5.32 Å². The molecule has 1 aromatic carbocycles. The normalized spacial score (nSPS) is 23.4. The molecule has 0 spiro atoms. The Morgan fingerprint density at radius 2 is 2.24 bits per heavy atom. The first-order valence-corrected chi connectivity index (χ1v) is 6.61. The molecule has 0 amide bonds. The van der Waals surface area contributed by atoms with Crippen LogP contribution in [0, 0.1) is 5.82 Å². The highest BCUT2D eigenvalue weighted by Crippen LogP contribution is 2.29. The van der Waals surface area contributed by atoms with Crippen LogP contribution in [-0.2, 0) is 4.74 Å². The minimum atomic E-state index is -0.227. The first-order chi connectivity index (χ1) is 7.96. The van der Waals surface area contributed by atoms with Gasteiger partial charge in [0.25, 0.3) is 0 Å². The molecule has 17 heavy (non-hydrogen) atoms. The van der Waals surface area contributed by atoms with E-state index in [0.717, 1.165) is 29.6 Å². The Bertz CT molecular complexity index is 408. The van der Waals surface area contributed by atoms with Gasteiger partial charge < -0.3 is 10.1 Å². The van der Waals surface area contributed by atoms with Gasteiger partial charge in [0.1, 0.15) is 5.82 Å². The summed E-state index contributed by atoms with van der Waals surface area (Å²) >= 11 is 3.37. The smallest absolute Gasteiger partial charge is 0.124 e. The number of hydrogen-bond acceptors (Lipinski definition) is 2. The molecule has 0 bridgehead atoms. The summed E-state index contributed by atoms with van der Waals surface area (Å²) in [6.45, 7) is 4.96. The molecule has 4 heteroatoms. The summed E-state index contributed by atoms with van der Waals surface area (Å²) < 4.78 is 19.4. The van der Waals surface area contributed by atoms with Crippen molar-refractivity contribution in [2.75, 3.05) is 11.9 Å². The molecule has 1 unspecified atom stereocenters. The van der Waals surface area contributed by atoms with E-state index in [1.165, 1.54) is 12.1 Å². The Balaban J connectivity index is 2.05. The van der Waals surface area contributed by atoms with Crippen LogP contribution in [0.1, 0.15) is 26.7 Å².